The lowest BCUT2D eigenvalue weighted by Crippen LogP contribution is -2.60. The summed E-state index contributed by atoms with van der Waals surface area (Å²) in [5.41, 5.74) is -0.632. The molecule has 1 aliphatic heterocycles. The molecule has 2 aromatic rings. The number of methoxy groups -OCH3 is 1. The number of likely N-dealkylation sites (tertiary alicyclic amines) is 1. The van der Waals surface area contributed by atoms with Crippen LogP contribution in [0.4, 0.5) is 0 Å². The summed E-state index contributed by atoms with van der Waals surface area (Å²) < 4.78 is 11.5. The van der Waals surface area contributed by atoms with Crippen molar-refractivity contribution < 1.29 is 38.6 Å². The van der Waals surface area contributed by atoms with Gasteiger partial charge < -0.3 is 35.4 Å². The molecule has 1 aromatic carbocycles. The van der Waals surface area contributed by atoms with Crippen LogP contribution in [0, 0.1) is 11.8 Å². The summed E-state index contributed by atoms with van der Waals surface area (Å²) >= 11 is 0. The monoisotopic (exact) mass is 651 g/mol. The molecule has 2 heterocycles. The minimum atomic E-state index is -1.34. The smallest absolute Gasteiger partial charge is 0.329 e. The number of ether oxygens (including phenoxy) is 2. The third-order valence-corrected chi connectivity index (χ3v) is 9.53. The Hall–Kier alpha value is -4.42. The third-order valence-electron chi connectivity index (χ3n) is 9.53. The average Bonchev–Trinajstić information content (AvgIpc) is 3.72. The van der Waals surface area contributed by atoms with E-state index in [1.807, 2.05) is 18.2 Å². The Morgan fingerprint density at radius 2 is 1.74 bits per heavy atom. The van der Waals surface area contributed by atoms with Crippen molar-refractivity contribution in [1.29, 1.82) is 0 Å². The van der Waals surface area contributed by atoms with Gasteiger partial charge in [0.15, 0.2) is 0 Å². The van der Waals surface area contributed by atoms with E-state index < -0.39 is 53.5 Å². The van der Waals surface area contributed by atoms with E-state index in [9.17, 15) is 29.1 Å². The first-order valence-electron chi connectivity index (χ1n) is 16.4. The van der Waals surface area contributed by atoms with Gasteiger partial charge in [-0.05, 0) is 55.7 Å². The maximum atomic E-state index is 14.3. The molecular weight excluding hydrogens is 606 g/mol. The number of pyridine rings is 1. The topological polar surface area (TPSA) is 176 Å². The van der Waals surface area contributed by atoms with Gasteiger partial charge in [-0.3, -0.25) is 24.2 Å². The van der Waals surface area contributed by atoms with E-state index in [0.717, 1.165) is 37.5 Å². The van der Waals surface area contributed by atoms with Gasteiger partial charge in [0.25, 0.3) is 0 Å². The summed E-state index contributed by atoms with van der Waals surface area (Å²) in [6, 6.07) is 4.49. The van der Waals surface area contributed by atoms with Crippen LogP contribution < -0.4 is 25.4 Å². The van der Waals surface area contributed by atoms with E-state index in [2.05, 4.69) is 20.9 Å². The second kappa shape index (κ2) is 14.1. The first-order chi connectivity index (χ1) is 22.4. The fourth-order valence-electron chi connectivity index (χ4n) is 6.70. The Labute approximate surface area is 274 Å². The molecule has 4 atom stereocenters. The van der Waals surface area contributed by atoms with Crippen LogP contribution in [0.5, 0.6) is 11.5 Å². The molecule has 47 heavy (non-hydrogen) atoms. The zero-order valence-electron chi connectivity index (χ0n) is 27.4. The molecule has 1 saturated heterocycles. The van der Waals surface area contributed by atoms with Crippen LogP contribution in [0.15, 0.2) is 30.5 Å². The molecule has 2 saturated carbocycles. The highest BCUT2D eigenvalue weighted by atomic mass is 16.5. The molecule has 0 unspecified atom stereocenters. The van der Waals surface area contributed by atoms with Gasteiger partial charge in [0.2, 0.25) is 23.6 Å². The van der Waals surface area contributed by atoms with Gasteiger partial charge in [-0.2, -0.15) is 0 Å². The number of hydrogen-bond donors (Lipinski definition) is 4. The van der Waals surface area contributed by atoms with Gasteiger partial charge in [0.1, 0.15) is 41.3 Å². The van der Waals surface area contributed by atoms with E-state index in [1.165, 1.54) is 11.8 Å². The number of aromatic nitrogens is 1. The van der Waals surface area contributed by atoms with Crippen molar-refractivity contribution in [3.05, 3.63) is 30.5 Å². The summed E-state index contributed by atoms with van der Waals surface area (Å²) in [7, 11) is 1.58. The average molecular weight is 652 g/mol. The number of carboxylic acids is 1. The highest BCUT2D eigenvalue weighted by Gasteiger charge is 2.54. The Kier molecular flexibility index (Phi) is 10.2. The van der Waals surface area contributed by atoms with Crippen LogP contribution in [0.2, 0.25) is 0 Å². The van der Waals surface area contributed by atoms with Crippen molar-refractivity contribution in [3.63, 3.8) is 0 Å². The van der Waals surface area contributed by atoms with Crippen molar-refractivity contribution >= 4 is 40.5 Å². The molecule has 4 N–H and O–H groups in total. The molecular formula is C34H45N5O8. The zero-order chi connectivity index (χ0) is 33.9. The molecule has 1 aromatic heterocycles. The minimum Gasteiger partial charge on any atom is -0.497 e. The largest absolute Gasteiger partial charge is 0.497 e. The standard InChI is InChI=1S/C34H45N5O8/c1-19(2)28(37-31(42)29(36-20(3)40)21-8-6-5-7-9-21)32(43)39-18-25(16-27(39)30(41)38-34(12-13-34)33(44)45)47-24-14-22-10-11-23(46-4)15-26(22)35-17-24/h10-11,14-15,17,19,21,25,27-29H,5-9,12-13,16,18H2,1-4H3,(H,36,40)(H,37,42)(H,38,41)(H,44,45)/t25-,27+,28+,29+/m1/s1. The van der Waals surface area contributed by atoms with Crippen molar-refractivity contribution in [3.8, 4) is 11.5 Å². The van der Waals surface area contributed by atoms with Crippen LogP contribution in [-0.4, -0.2) is 88.0 Å². The molecule has 5 rings (SSSR count). The van der Waals surface area contributed by atoms with Crippen LogP contribution >= 0.6 is 0 Å². The molecule has 254 valence electrons. The number of nitrogens with zero attached hydrogens (tertiary/aromatic N) is 2. The Balaban J connectivity index is 1.37. The summed E-state index contributed by atoms with van der Waals surface area (Å²) in [5, 5.41) is 18.9. The maximum absolute atomic E-state index is 14.3. The van der Waals surface area contributed by atoms with Crippen molar-refractivity contribution in [2.24, 2.45) is 11.8 Å². The highest BCUT2D eigenvalue weighted by Crippen LogP contribution is 2.37. The molecule has 13 heteroatoms. The molecule has 0 bridgehead atoms. The molecule has 4 amide bonds. The Bertz CT molecular complexity index is 1520. The van der Waals surface area contributed by atoms with Gasteiger partial charge in [-0.25, -0.2) is 4.79 Å². The Morgan fingerprint density at radius 3 is 2.36 bits per heavy atom. The molecule has 3 aliphatic rings. The van der Waals surface area contributed by atoms with E-state index in [-0.39, 0.29) is 30.7 Å². The van der Waals surface area contributed by atoms with Crippen molar-refractivity contribution in [1.82, 2.24) is 25.8 Å². The Morgan fingerprint density at radius 1 is 1.02 bits per heavy atom. The van der Waals surface area contributed by atoms with E-state index >= 15 is 0 Å². The number of carboxylic acid groups (broad SMARTS) is 1. The number of fused-ring (bicyclic) bond motifs is 1. The van der Waals surface area contributed by atoms with Crippen molar-refractivity contribution in [2.75, 3.05) is 13.7 Å². The molecule has 0 spiro atoms. The second-order valence-electron chi connectivity index (χ2n) is 13.4. The predicted octanol–water partition coefficient (Wildman–Crippen LogP) is 2.55. The van der Waals surface area contributed by atoms with E-state index in [4.69, 9.17) is 9.47 Å². The van der Waals surface area contributed by atoms with Crippen LogP contribution in [0.3, 0.4) is 0 Å². The number of rotatable bonds is 12. The SMILES string of the molecule is COc1ccc2cc(O[C@@H]3C[C@@H](C(=O)NC4(C(=O)O)CC4)N(C(=O)[C@@H](NC(=O)[C@@H](NC(C)=O)C4CCCCC4)C(C)C)C3)cnc2c1. The number of benzene rings is 1. The van der Waals surface area contributed by atoms with Gasteiger partial charge in [0.05, 0.1) is 25.4 Å². The number of nitrogens with one attached hydrogen (secondary N) is 3. The van der Waals surface area contributed by atoms with Crippen LogP contribution in [0.25, 0.3) is 10.9 Å². The molecule has 13 nitrogen and oxygen atoms in total. The van der Waals surface area contributed by atoms with Gasteiger partial charge in [-0.15, -0.1) is 0 Å². The van der Waals surface area contributed by atoms with E-state index in [1.54, 1.807) is 33.2 Å². The van der Waals surface area contributed by atoms with Gasteiger partial charge in [0, 0.05) is 24.8 Å². The third kappa shape index (κ3) is 7.77. The predicted molar refractivity (Wildman–Crippen MR) is 172 cm³/mol. The second-order valence-corrected chi connectivity index (χ2v) is 13.4. The number of aliphatic carboxylic acids is 1. The lowest BCUT2D eigenvalue weighted by atomic mass is 9.83. The first kappa shape index (κ1) is 33.9. The number of hydrogen-bond acceptors (Lipinski definition) is 8. The summed E-state index contributed by atoms with van der Waals surface area (Å²) in [6.45, 7) is 5.01. The normalized spacial score (nSPS) is 21.9. The summed E-state index contributed by atoms with van der Waals surface area (Å²) in [5.74, 6) is -2.22. The summed E-state index contributed by atoms with van der Waals surface area (Å²) in [6.07, 6.45) is 6.28. The minimum absolute atomic E-state index is 0.0362. The van der Waals surface area contributed by atoms with Gasteiger partial charge in [-0.1, -0.05) is 33.1 Å². The lowest BCUT2D eigenvalue weighted by Gasteiger charge is -2.34. The van der Waals surface area contributed by atoms with Crippen LogP contribution in [-0.2, 0) is 24.0 Å². The first-order valence-corrected chi connectivity index (χ1v) is 16.4. The maximum Gasteiger partial charge on any atom is 0.329 e. The van der Waals surface area contributed by atoms with E-state index in [0.29, 0.717) is 29.9 Å². The number of carbonyl (C=O) groups excluding carboxylic acids is 4. The van der Waals surface area contributed by atoms with Crippen LogP contribution in [0.1, 0.15) is 72.1 Å². The molecule has 2 aliphatic carbocycles. The zero-order valence-corrected chi connectivity index (χ0v) is 27.4. The molecule has 3 fully saturated rings. The highest BCUT2D eigenvalue weighted by molar-refractivity contribution is 5.97. The fraction of sp³-hybridized carbons (Fsp3) is 0.588. The fourth-order valence-corrected chi connectivity index (χ4v) is 6.70. The number of amides is 4. The quantitative estimate of drug-likeness (QED) is 0.269. The van der Waals surface area contributed by atoms with Crippen molar-refractivity contribution in [2.45, 2.75) is 102 Å². The number of carbonyl (C=O) groups is 5. The van der Waals surface area contributed by atoms with Gasteiger partial charge >= 0.3 is 5.97 Å². The molecule has 0 radical (unpaired) electrons. The lowest BCUT2D eigenvalue weighted by molar-refractivity contribution is -0.146. The summed E-state index contributed by atoms with van der Waals surface area (Å²) in [4.78, 5) is 71.3.